The summed E-state index contributed by atoms with van der Waals surface area (Å²) < 4.78 is 0. The zero-order chi connectivity index (χ0) is 8.27. The normalized spacial score (nSPS) is 10.0. The molecule has 1 heterocycles. The van der Waals surface area contributed by atoms with E-state index in [-0.39, 0.29) is 5.78 Å². The van der Waals surface area contributed by atoms with Crippen molar-refractivity contribution in [2.24, 2.45) is 5.73 Å². The number of thiazole rings is 1. The van der Waals surface area contributed by atoms with E-state index >= 15 is 0 Å². The van der Waals surface area contributed by atoms with Gasteiger partial charge in [-0.1, -0.05) is 6.92 Å². The Labute approximate surface area is 69.3 Å². The van der Waals surface area contributed by atoms with Gasteiger partial charge < -0.3 is 5.73 Å². The first-order chi connectivity index (χ1) is 5.27. The maximum Gasteiger partial charge on any atom is 0.174 e. The maximum atomic E-state index is 11.1. The summed E-state index contributed by atoms with van der Waals surface area (Å²) in [4.78, 5) is 15.8. The van der Waals surface area contributed by atoms with E-state index in [1.54, 1.807) is 6.20 Å². The lowest BCUT2D eigenvalue weighted by atomic mass is 10.3. The van der Waals surface area contributed by atoms with E-state index in [1.165, 1.54) is 11.3 Å². The van der Waals surface area contributed by atoms with Crippen LogP contribution >= 0.6 is 11.3 Å². The van der Waals surface area contributed by atoms with Crippen molar-refractivity contribution in [1.82, 2.24) is 4.98 Å². The van der Waals surface area contributed by atoms with E-state index in [0.29, 0.717) is 17.8 Å². The van der Waals surface area contributed by atoms with E-state index in [9.17, 15) is 4.79 Å². The second kappa shape index (κ2) is 3.59. The highest BCUT2D eigenvalue weighted by Crippen LogP contribution is 2.13. The standard InChI is InChI=1S/C7H10N2OS/c1-2-5(10)6-4-9-7(3-8)11-6/h4H,2-3,8H2,1H3. The van der Waals surface area contributed by atoms with Gasteiger partial charge in [0.25, 0.3) is 0 Å². The molecule has 1 aromatic rings. The van der Waals surface area contributed by atoms with Crippen molar-refractivity contribution in [2.45, 2.75) is 19.9 Å². The van der Waals surface area contributed by atoms with Crippen LogP contribution in [0.1, 0.15) is 28.0 Å². The van der Waals surface area contributed by atoms with Crippen molar-refractivity contribution in [1.29, 1.82) is 0 Å². The van der Waals surface area contributed by atoms with Crippen LogP contribution in [0.5, 0.6) is 0 Å². The zero-order valence-electron chi connectivity index (χ0n) is 6.33. The van der Waals surface area contributed by atoms with Gasteiger partial charge in [0.1, 0.15) is 5.01 Å². The molecule has 60 valence electrons. The quantitative estimate of drug-likeness (QED) is 0.693. The largest absolute Gasteiger partial charge is 0.325 e. The Morgan fingerprint density at radius 2 is 2.55 bits per heavy atom. The topological polar surface area (TPSA) is 56.0 Å². The number of hydrogen-bond acceptors (Lipinski definition) is 4. The van der Waals surface area contributed by atoms with Crippen molar-refractivity contribution < 1.29 is 4.79 Å². The Hall–Kier alpha value is -0.740. The molecule has 0 unspecified atom stereocenters. The predicted molar refractivity (Wildman–Crippen MR) is 44.6 cm³/mol. The smallest absolute Gasteiger partial charge is 0.174 e. The van der Waals surface area contributed by atoms with Crippen LogP contribution in [0, 0.1) is 0 Å². The molecule has 0 amide bonds. The molecule has 0 aliphatic heterocycles. The molecule has 2 N–H and O–H groups in total. The molecular weight excluding hydrogens is 160 g/mol. The van der Waals surface area contributed by atoms with Gasteiger partial charge >= 0.3 is 0 Å². The summed E-state index contributed by atoms with van der Waals surface area (Å²) in [6.45, 7) is 2.26. The third-order valence-electron chi connectivity index (χ3n) is 1.32. The van der Waals surface area contributed by atoms with E-state index in [1.807, 2.05) is 6.92 Å². The summed E-state index contributed by atoms with van der Waals surface area (Å²) >= 11 is 1.38. The number of nitrogens with two attached hydrogens (primary N) is 1. The highest BCUT2D eigenvalue weighted by molar-refractivity contribution is 7.13. The van der Waals surface area contributed by atoms with Crippen molar-refractivity contribution in [2.75, 3.05) is 0 Å². The van der Waals surface area contributed by atoms with Crippen molar-refractivity contribution in [3.63, 3.8) is 0 Å². The molecule has 0 atom stereocenters. The van der Waals surface area contributed by atoms with Gasteiger partial charge in [0.15, 0.2) is 5.78 Å². The first kappa shape index (κ1) is 8.36. The van der Waals surface area contributed by atoms with Crippen LogP contribution in [-0.4, -0.2) is 10.8 Å². The summed E-state index contributed by atoms with van der Waals surface area (Å²) in [5.74, 6) is 0.141. The Morgan fingerprint density at radius 3 is 3.00 bits per heavy atom. The molecular formula is C7H10N2OS. The second-order valence-corrected chi connectivity index (χ2v) is 3.21. The molecule has 0 saturated carbocycles. The van der Waals surface area contributed by atoms with Crippen LogP contribution < -0.4 is 5.73 Å². The summed E-state index contributed by atoms with van der Waals surface area (Å²) in [5.41, 5.74) is 5.34. The van der Waals surface area contributed by atoms with Crippen LogP contribution in [-0.2, 0) is 6.54 Å². The van der Waals surface area contributed by atoms with Crippen LogP contribution in [0.3, 0.4) is 0 Å². The monoisotopic (exact) mass is 170 g/mol. The van der Waals surface area contributed by atoms with Crippen LogP contribution in [0.25, 0.3) is 0 Å². The summed E-state index contributed by atoms with van der Waals surface area (Å²) in [7, 11) is 0. The highest BCUT2D eigenvalue weighted by Gasteiger charge is 2.06. The molecule has 0 aromatic carbocycles. The molecule has 0 aliphatic rings. The lowest BCUT2D eigenvalue weighted by molar-refractivity contribution is 0.0992. The molecule has 4 heteroatoms. The third-order valence-corrected chi connectivity index (χ3v) is 2.38. The molecule has 0 radical (unpaired) electrons. The van der Waals surface area contributed by atoms with Gasteiger partial charge in [-0.2, -0.15) is 0 Å². The molecule has 0 bridgehead atoms. The first-order valence-electron chi connectivity index (χ1n) is 3.46. The van der Waals surface area contributed by atoms with Gasteiger partial charge in [-0.15, -0.1) is 11.3 Å². The van der Waals surface area contributed by atoms with Crippen molar-refractivity contribution in [3.8, 4) is 0 Å². The maximum absolute atomic E-state index is 11.1. The van der Waals surface area contributed by atoms with Gasteiger partial charge in [-0.3, -0.25) is 4.79 Å². The second-order valence-electron chi connectivity index (χ2n) is 2.10. The fraction of sp³-hybridized carbons (Fsp3) is 0.429. The number of carbonyl (C=O) groups is 1. The molecule has 3 nitrogen and oxygen atoms in total. The van der Waals surface area contributed by atoms with Crippen LogP contribution in [0.4, 0.5) is 0 Å². The van der Waals surface area contributed by atoms with Gasteiger partial charge in [0.05, 0.1) is 4.88 Å². The minimum Gasteiger partial charge on any atom is -0.325 e. The lowest BCUT2D eigenvalue weighted by Crippen LogP contribution is -1.93. The fourth-order valence-electron chi connectivity index (χ4n) is 0.708. The minimum absolute atomic E-state index is 0.141. The van der Waals surface area contributed by atoms with Crippen molar-refractivity contribution in [3.05, 3.63) is 16.1 Å². The lowest BCUT2D eigenvalue weighted by Gasteiger charge is -1.86. The third kappa shape index (κ3) is 1.85. The highest BCUT2D eigenvalue weighted by atomic mass is 32.1. The van der Waals surface area contributed by atoms with Crippen molar-refractivity contribution >= 4 is 17.1 Å². The number of hydrogen-bond donors (Lipinski definition) is 1. The SMILES string of the molecule is CCC(=O)c1cnc(CN)s1. The Bertz CT molecular complexity index is 257. The molecule has 0 aliphatic carbocycles. The molecule has 0 spiro atoms. The van der Waals surface area contributed by atoms with E-state index < -0.39 is 0 Å². The Morgan fingerprint density at radius 1 is 1.82 bits per heavy atom. The molecule has 1 aromatic heterocycles. The summed E-state index contributed by atoms with van der Waals surface area (Å²) in [5, 5.41) is 0.821. The van der Waals surface area contributed by atoms with Crippen LogP contribution in [0.15, 0.2) is 6.20 Å². The average molecular weight is 170 g/mol. The van der Waals surface area contributed by atoms with Gasteiger partial charge in [-0.05, 0) is 0 Å². The first-order valence-corrected chi connectivity index (χ1v) is 4.27. The molecule has 0 fully saturated rings. The number of aromatic nitrogens is 1. The Balaban J connectivity index is 2.80. The molecule has 11 heavy (non-hydrogen) atoms. The number of Topliss-reactive ketones (excluding diaryl/α,β-unsaturated/α-hetero) is 1. The molecule has 0 saturated heterocycles. The predicted octanol–water partition coefficient (Wildman–Crippen LogP) is 1.19. The summed E-state index contributed by atoms with van der Waals surface area (Å²) in [6, 6.07) is 0. The number of ketones is 1. The number of carbonyl (C=O) groups excluding carboxylic acids is 1. The van der Waals surface area contributed by atoms with Gasteiger partial charge in [0.2, 0.25) is 0 Å². The van der Waals surface area contributed by atoms with Gasteiger partial charge in [0, 0.05) is 19.2 Å². The van der Waals surface area contributed by atoms with E-state index in [4.69, 9.17) is 5.73 Å². The zero-order valence-corrected chi connectivity index (χ0v) is 7.15. The van der Waals surface area contributed by atoms with E-state index in [0.717, 1.165) is 5.01 Å². The van der Waals surface area contributed by atoms with E-state index in [2.05, 4.69) is 4.98 Å². The fourth-order valence-corrected chi connectivity index (χ4v) is 1.51. The average Bonchev–Trinajstić information content (AvgIpc) is 2.50. The summed E-state index contributed by atoms with van der Waals surface area (Å²) in [6.07, 6.45) is 2.13. The number of nitrogens with zero attached hydrogens (tertiary/aromatic N) is 1. The Kier molecular flexibility index (Phi) is 2.73. The minimum atomic E-state index is 0.141. The number of rotatable bonds is 3. The van der Waals surface area contributed by atoms with Crippen LogP contribution in [0.2, 0.25) is 0 Å². The molecule has 1 rings (SSSR count). The van der Waals surface area contributed by atoms with Gasteiger partial charge in [-0.25, -0.2) is 4.98 Å².